The Morgan fingerprint density at radius 3 is 2.74 bits per heavy atom. The minimum absolute atomic E-state index is 0.113. The number of nitrogens with zero attached hydrogens (tertiary/aromatic N) is 4. The fraction of sp³-hybridized carbons (Fsp3) is 0.316. The van der Waals surface area contributed by atoms with Crippen LogP contribution in [-0.2, 0) is 17.9 Å². The topological polar surface area (TPSA) is 64.7 Å². The Kier molecular flexibility index (Phi) is 5.74. The van der Waals surface area contributed by atoms with Gasteiger partial charge in [0.1, 0.15) is 5.82 Å². The molecule has 2 aromatic heterocycles. The Bertz CT molecular complexity index is 965. The molecular formula is C19H21BrFN5O. The fourth-order valence-corrected chi connectivity index (χ4v) is 3.20. The lowest BCUT2D eigenvalue weighted by Gasteiger charge is -2.13. The van der Waals surface area contributed by atoms with E-state index in [1.165, 1.54) is 6.07 Å². The Labute approximate surface area is 165 Å². The smallest absolute Gasteiger partial charge is 0.229 e. The first kappa shape index (κ1) is 19.3. The molecule has 1 unspecified atom stereocenters. The highest BCUT2D eigenvalue weighted by Crippen LogP contribution is 2.22. The number of aromatic nitrogens is 4. The molecule has 1 amide bonds. The number of aryl methyl sites for hydroxylation is 1. The van der Waals surface area contributed by atoms with Crippen LogP contribution in [0.1, 0.15) is 23.9 Å². The monoisotopic (exact) mass is 433 g/mol. The van der Waals surface area contributed by atoms with Gasteiger partial charge in [0.25, 0.3) is 0 Å². The summed E-state index contributed by atoms with van der Waals surface area (Å²) < 4.78 is 18.2. The van der Waals surface area contributed by atoms with Gasteiger partial charge in [-0.3, -0.25) is 14.2 Å². The van der Waals surface area contributed by atoms with Crippen molar-refractivity contribution in [2.24, 2.45) is 5.92 Å². The van der Waals surface area contributed by atoms with Crippen molar-refractivity contribution in [2.75, 3.05) is 5.32 Å². The van der Waals surface area contributed by atoms with Crippen molar-refractivity contribution >= 4 is 27.5 Å². The first-order valence-electron chi connectivity index (χ1n) is 8.61. The molecule has 1 N–H and O–H groups in total. The van der Waals surface area contributed by atoms with Crippen LogP contribution in [0.15, 0.2) is 41.1 Å². The molecule has 2 heterocycles. The maximum absolute atomic E-state index is 13.9. The minimum atomic E-state index is -0.273. The third kappa shape index (κ3) is 4.44. The van der Waals surface area contributed by atoms with Gasteiger partial charge in [-0.1, -0.05) is 25.1 Å². The molecule has 1 aromatic carbocycles. The number of nitrogens with one attached hydrogen (secondary N) is 1. The molecule has 142 valence electrons. The first-order chi connectivity index (χ1) is 12.8. The van der Waals surface area contributed by atoms with Gasteiger partial charge in [0.05, 0.1) is 46.8 Å². The quantitative estimate of drug-likeness (QED) is 0.640. The number of halogens is 2. The van der Waals surface area contributed by atoms with E-state index >= 15 is 0 Å². The molecule has 0 bridgehead atoms. The molecule has 0 saturated heterocycles. The van der Waals surface area contributed by atoms with E-state index in [0.717, 1.165) is 10.2 Å². The van der Waals surface area contributed by atoms with Crippen LogP contribution in [0, 0.1) is 25.6 Å². The number of hydrogen-bond donors (Lipinski definition) is 1. The fourth-order valence-electron chi connectivity index (χ4n) is 2.87. The average Bonchev–Trinajstić information content (AvgIpc) is 3.14. The summed E-state index contributed by atoms with van der Waals surface area (Å²) in [6.45, 7) is 6.33. The number of benzene rings is 1. The van der Waals surface area contributed by atoms with Crippen LogP contribution in [0.25, 0.3) is 0 Å². The molecule has 3 rings (SSSR count). The van der Waals surface area contributed by atoms with Crippen molar-refractivity contribution in [3.63, 3.8) is 0 Å². The predicted octanol–water partition coefficient (Wildman–Crippen LogP) is 3.92. The summed E-state index contributed by atoms with van der Waals surface area (Å²) in [6, 6.07) is 6.61. The molecule has 0 saturated carbocycles. The van der Waals surface area contributed by atoms with Crippen molar-refractivity contribution in [1.29, 1.82) is 0 Å². The van der Waals surface area contributed by atoms with Gasteiger partial charge in [0, 0.05) is 11.8 Å². The molecule has 8 heteroatoms. The van der Waals surface area contributed by atoms with E-state index in [0.29, 0.717) is 30.0 Å². The van der Waals surface area contributed by atoms with Crippen LogP contribution >= 0.6 is 15.9 Å². The van der Waals surface area contributed by atoms with Gasteiger partial charge in [0.15, 0.2) is 0 Å². The van der Waals surface area contributed by atoms with Crippen molar-refractivity contribution in [3.8, 4) is 0 Å². The van der Waals surface area contributed by atoms with Gasteiger partial charge in [-0.05, 0) is 35.8 Å². The van der Waals surface area contributed by atoms with Gasteiger partial charge in [0.2, 0.25) is 5.91 Å². The number of amides is 1. The maximum atomic E-state index is 13.9. The summed E-state index contributed by atoms with van der Waals surface area (Å²) in [7, 11) is 0. The SMILES string of the molecule is Cc1nn(Cc2ccccc2F)c(C)c1NC(=O)C(C)Cn1cc(Br)cn1. The van der Waals surface area contributed by atoms with Crippen LogP contribution in [0.2, 0.25) is 0 Å². The Balaban J connectivity index is 1.72. The molecule has 1 atom stereocenters. The molecule has 0 aliphatic rings. The number of rotatable bonds is 6. The molecule has 3 aromatic rings. The zero-order valence-electron chi connectivity index (χ0n) is 15.4. The van der Waals surface area contributed by atoms with E-state index in [4.69, 9.17) is 0 Å². The number of carbonyl (C=O) groups is 1. The zero-order valence-corrected chi connectivity index (χ0v) is 17.0. The van der Waals surface area contributed by atoms with Crippen LogP contribution in [0.4, 0.5) is 10.1 Å². The van der Waals surface area contributed by atoms with Crippen LogP contribution in [-0.4, -0.2) is 25.5 Å². The van der Waals surface area contributed by atoms with Crippen LogP contribution in [0.5, 0.6) is 0 Å². The van der Waals surface area contributed by atoms with E-state index in [9.17, 15) is 9.18 Å². The van der Waals surface area contributed by atoms with E-state index in [1.54, 1.807) is 33.8 Å². The number of hydrogen-bond acceptors (Lipinski definition) is 3. The van der Waals surface area contributed by atoms with Gasteiger partial charge in [-0.2, -0.15) is 10.2 Å². The summed E-state index contributed by atoms with van der Waals surface area (Å²) in [5, 5.41) is 11.6. The number of carbonyl (C=O) groups excluding carboxylic acids is 1. The first-order valence-corrected chi connectivity index (χ1v) is 9.40. The van der Waals surface area contributed by atoms with Crippen molar-refractivity contribution in [2.45, 2.75) is 33.9 Å². The lowest BCUT2D eigenvalue weighted by Crippen LogP contribution is -2.25. The van der Waals surface area contributed by atoms with Crippen molar-refractivity contribution in [1.82, 2.24) is 19.6 Å². The molecule has 6 nitrogen and oxygen atoms in total. The van der Waals surface area contributed by atoms with Crippen LogP contribution < -0.4 is 5.32 Å². The normalized spacial score (nSPS) is 12.2. The third-order valence-electron chi connectivity index (χ3n) is 4.42. The molecule has 0 aliphatic heterocycles. The largest absolute Gasteiger partial charge is 0.323 e. The minimum Gasteiger partial charge on any atom is -0.323 e. The predicted molar refractivity (Wildman–Crippen MR) is 105 cm³/mol. The molecular weight excluding hydrogens is 413 g/mol. The highest BCUT2D eigenvalue weighted by molar-refractivity contribution is 9.10. The molecule has 0 aliphatic carbocycles. The van der Waals surface area contributed by atoms with E-state index in [-0.39, 0.29) is 17.6 Å². The average molecular weight is 434 g/mol. The van der Waals surface area contributed by atoms with Crippen LogP contribution in [0.3, 0.4) is 0 Å². The van der Waals surface area contributed by atoms with Crippen molar-refractivity contribution in [3.05, 3.63) is 63.9 Å². The Morgan fingerprint density at radius 2 is 2.07 bits per heavy atom. The number of anilines is 1. The summed E-state index contributed by atoms with van der Waals surface area (Å²) in [6.07, 6.45) is 3.51. The third-order valence-corrected chi connectivity index (χ3v) is 4.83. The summed E-state index contributed by atoms with van der Waals surface area (Å²) >= 11 is 3.35. The maximum Gasteiger partial charge on any atom is 0.229 e. The second kappa shape index (κ2) is 8.04. The van der Waals surface area contributed by atoms with Gasteiger partial charge >= 0.3 is 0 Å². The summed E-state index contributed by atoms with van der Waals surface area (Å²) in [5.41, 5.74) is 2.72. The van der Waals surface area contributed by atoms with E-state index < -0.39 is 0 Å². The summed E-state index contributed by atoms with van der Waals surface area (Å²) in [4.78, 5) is 12.6. The van der Waals surface area contributed by atoms with Crippen molar-refractivity contribution < 1.29 is 9.18 Å². The molecule has 0 radical (unpaired) electrons. The second-order valence-electron chi connectivity index (χ2n) is 6.57. The Hall–Kier alpha value is -2.48. The Morgan fingerprint density at radius 1 is 1.33 bits per heavy atom. The lowest BCUT2D eigenvalue weighted by atomic mass is 10.1. The standard InChI is InChI=1S/C19H21BrFN5O/c1-12(9-25-11-16(20)8-22-25)19(27)23-18-13(2)24-26(14(18)3)10-15-6-4-5-7-17(15)21/h4-8,11-12H,9-10H2,1-3H3,(H,23,27). The van der Waals surface area contributed by atoms with Gasteiger partial charge in [-0.25, -0.2) is 4.39 Å². The molecule has 0 fully saturated rings. The second-order valence-corrected chi connectivity index (χ2v) is 7.48. The van der Waals surface area contributed by atoms with Gasteiger partial charge < -0.3 is 5.32 Å². The summed E-state index contributed by atoms with van der Waals surface area (Å²) in [5.74, 6) is -0.654. The highest BCUT2D eigenvalue weighted by atomic mass is 79.9. The highest BCUT2D eigenvalue weighted by Gasteiger charge is 2.19. The molecule has 0 spiro atoms. The van der Waals surface area contributed by atoms with Gasteiger partial charge in [-0.15, -0.1) is 0 Å². The van der Waals surface area contributed by atoms with E-state index in [1.807, 2.05) is 27.0 Å². The zero-order chi connectivity index (χ0) is 19.6. The molecule has 27 heavy (non-hydrogen) atoms. The lowest BCUT2D eigenvalue weighted by molar-refractivity contribution is -0.119. The van der Waals surface area contributed by atoms with E-state index in [2.05, 4.69) is 31.4 Å².